The summed E-state index contributed by atoms with van der Waals surface area (Å²) in [4.78, 5) is 12.7. The van der Waals surface area contributed by atoms with E-state index in [4.69, 9.17) is 4.74 Å². The third-order valence-electron chi connectivity index (χ3n) is 3.83. The van der Waals surface area contributed by atoms with Gasteiger partial charge in [-0.3, -0.25) is 0 Å². The molecule has 1 amide bonds. The van der Waals surface area contributed by atoms with Gasteiger partial charge in [-0.1, -0.05) is 5.92 Å². The first-order valence-electron chi connectivity index (χ1n) is 8.39. The van der Waals surface area contributed by atoms with Crippen LogP contribution in [0.15, 0.2) is 36.4 Å². The van der Waals surface area contributed by atoms with Crippen molar-refractivity contribution in [2.75, 3.05) is 4.90 Å². The summed E-state index contributed by atoms with van der Waals surface area (Å²) in [5.74, 6) is -3.16. The number of carbonyl (C=O) groups excluding carboxylic acids is 1. The second-order valence-electron chi connectivity index (χ2n) is 6.35. The van der Waals surface area contributed by atoms with Gasteiger partial charge in [0.25, 0.3) is 0 Å². The van der Waals surface area contributed by atoms with Crippen molar-refractivity contribution >= 4 is 49.8 Å². The average Bonchev–Trinajstić information content (AvgIpc) is 2.65. The van der Waals surface area contributed by atoms with Crippen molar-refractivity contribution < 1.29 is 50.5 Å². The minimum Gasteiger partial charge on any atom is -0.408 e. The van der Waals surface area contributed by atoms with Gasteiger partial charge in [-0.25, -0.2) is 14.1 Å². The predicted molar refractivity (Wildman–Crippen MR) is 116 cm³/mol. The van der Waals surface area contributed by atoms with E-state index < -0.39 is 58.2 Å². The molecule has 5 nitrogen and oxygen atoms in total. The average molecular weight is 607 g/mol. The standard InChI is InChI=1S/C18H10BF7INO4S/c19-18(30,31)28(12-3-1-11(20)2-4-12)15(29)32-14-9(5-6-33-27)7-10(16(21,22)23)8-13(14)17(24,25)26/h1-4,7-8,30-31H,19H2. The van der Waals surface area contributed by atoms with Gasteiger partial charge >= 0.3 is 18.4 Å². The van der Waals surface area contributed by atoms with Gasteiger partial charge in [-0.2, -0.15) is 26.3 Å². The molecule has 0 heterocycles. The fourth-order valence-electron chi connectivity index (χ4n) is 2.53. The van der Waals surface area contributed by atoms with Crippen molar-refractivity contribution in [2.24, 2.45) is 0 Å². The number of hydrogen-bond acceptors (Lipinski definition) is 5. The van der Waals surface area contributed by atoms with Crippen molar-refractivity contribution in [1.82, 2.24) is 0 Å². The SMILES string of the molecule is BC(O)(O)N(C(=O)Oc1c(C#CSI)cc(C(F)(F)F)cc1C(F)(F)F)c1ccc(F)cc1. The van der Waals surface area contributed by atoms with E-state index in [2.05, 4.69) is 11.2 Å². The van der Waals surface area contributed by atoms with Crippen molar-refractivity contribution in [3.8, 4) is 16.9 Å². The molecular weight excluding hydrogens is 597 g/mol. The first-order chi connectivity index (χ1) is 15.1. The van der Waals surface area contributed by atoms with E-state index in [1.165, 1.54) is 0 Å². The molecule has 2 N–H and O–H groups in total. The van der Waals surface area contributed by atoms with Crippen LogP contribution in [0.25, 0.3) is 0 Å². The highest BCUT2D eigenvalue weighted by atomic mass is 127. The maximum absolute atomic E-state index is 13.6. The maximum Gasteiger partial charge on any atom is 0.423 e. The molecule has 0 aliphatic carbocycles. The molecule has 0 aliphatic rings. The summed E-state index contributed by atoms with van der Waals surface area (Å²) < 4.78 is 98.2. The Morgan fingerprint density at radius 2 is 1.64 bits per heavy atom. The fraction of sp³-hybridized carbons (Fsp3) is 0.167. The van der Waals surface area contributed by atoms with Crippen LogP contribution in [0.4, 0.5) is 41.2 Å². The van der Waals surface area contributed by atoms with Crippen LogP contribution in [0.3, 0.4) is 0 Å². The van der Waals surface area contributed by atoms with E-state index in [0.29, 0.717) is 7.85 Å². The molecule has 2 aromatic rings. The maximum atomic E-state index is 13.6. The van der Waals surface area contributed by atoms with Crippen LogP contribution < -0.4 is 9.64 Å². The Balaban J connectivity index is 2.70. The number of alkyl halides is 6. The van der Waals surface area contributed by atoms with Gasteiger partial charge in [0, 0.05) is 21.2 Å². The molecule has 0 saturated carbocycles. The van der Waals surface area contributed by atoms with Crippen LogP contribution in [0.2, 0.25) is 0 Å². The normalized spacial score (nSPS) is 12.1. The highest BCUT2D eigenvalue weighted by Gasteiger charge is 2.42. The van der Waals surface area contributed by atoms with Crippen LogP contribution in [0.1, 0.15) is 16.7 Å². The first kappa shape index (κ1) is 27.1. The smallest absolute Gasteiger partial charge is 0.408 e. The second kappa shape index (κ2) is 9.99. The molecule has 0 fully saturated rings. The number of hydrogen-bond donors (Lipinski definition) is 2. The molecule has 0 radical (unpaired) electrons. The second-order valence-corrected chi connectivity index (χ2v) is 8.03. The fourth-order valence-corrected chi connectivity index (χ4v) is 3.01. The summed E-state index contributed by atoms with van der Waals surface area (Å²) in [7, 11) is 1.39. The van der Waals surface area contributed by atoms with Crippen molar-refractivity contribution in [1.29, 1.82) is 0 Å². The van der Waals surface area contributed by atoms with Crippen LogP contribution in [-0.2, 0) is 12.4 Å². The van der Waals surface area contributed by atoms with Crippen LogP contribution in [0.5, 0.6) is 5.75 Å². The van der Waals surface area contributed by atoms with Gasteiger partial charge in [0.05, 0.1) is 16.8 Å². The molecule has 0 spiro atoms. The third kappa shape index (κ3) is 6.92. The van der Waals surface area contributed by atoms with Gasteiger partial charge in [0.1, 0.15) is 11.4 Å². The summed E-state index contributed by atoms with van der Waals surface area (Å²) in [5, 5.41) is 22.1. The highest BCUT2D eigenvalue weighted by Crippen LogP contribution is 2.43. The zero-order chi connectivity index (χ0) is 25.2. The lowest BCUT2D eigenvalue weighted by Gasteiger charge is -2.32. The number of anilines is 1. The molecular formula is C18H10BF7INO4S. The van der Waals surface area contributed by atoms with E-state index in [0.717, 1.165) is 33.2 Å². The predicted octanol–water partition coefficient (Wildman–Crippen LogP) is 4.49. The molecule has 2 aromatic carbocycles. The van der Waals surface area contributed by atoms with Crippen molar-refractivity contribution in [3.05, 3.63) is 58.9 Å². The van der Waals surface area contributed by atoms with E-state index in [-0.39, 0.29) is 17.0 Å². The van der Waals surface area contributed by atoms with Crippen LogP contribution >= 0.6 is 30.1 Å². The number of nitrogens with zero attached hydrogens (tertiary/aromatic N) is 1. The van der Waals surface area contributed by atoms with Gasteiger partial charge in [0.2, 0.25) is 13.7 Å². The largest absolute Gasteiger partial charge is 0.423 e. The van der Waals surface area contributed by atoms with Crippen LogP contribution in [0, 0.1) is 17.0 Å². The lowest BCUT2D eigenvalue weighted by molar-refractivity contribution is -0.143. The molecule has 15 heteroatoms. The van der Waals surface area contributed by atoms with Gasteiger partial charge < -0.3 is 14.9 Å². The van der Waals surface area contributed by atoms with Crippen molar-refractivity contribution in [2.45, 2.75) is 18.2 Å². The minimum absolute atomic E-state index is 0.0640. The van der Waals surface area contributed by atoms with Gasteiger partial charge in [0.15, 0.2) is 5.75 Å². The Bertz CT molecular complexity index is 1090. The summed E-state index contributed by atoms with van der Waals surface area (Å²) in [6.45, 7) is 0. The van der Waals surface area contributed by atoms with Gasteiger partial charge in [-0.15, -0.1) is 0 Å². The molecule has 0 atom stereocenters. The third-order valence-corrected chi connectivity index (χ3v) is 4.67. The number of aliphatic hydroxyl groups is 2. The number of carbonyl (C=O) groups is 1. The minimum atomic E-state index is -5.41. The number of ether oxygens (including phenoxy) is 1. The van der Waals surface area contributed by atoms with E-state index in [9.17, 15) is 45.7 Å². The molecule has 0 bridgehead atoms. The van der Waals surface area contributed by atoms with Crippen molar-refractivity contribution in [3.63, 3.8) is 0 Å². The Morgan fingerprint density at radius 3 is 2.09 bits per heavy atom. The first-order valence-corrected chi connectivity index (χ1v) is 11.7. The van der Waals surface area contributed by atoms with E-state index in [1.54, 1.807) is 21.2 Å². The monoisotopic (exact) mass is 607 g/mol. The summed E-state index contributed by atoms with van der Waals surface area (Å²) in [6.07, 6.45) is -12.4. The van der Waals surface area contributed by atoms with E-state index >= 15 is 0 Å². The number of benzene rings is 2. The Hall–Kier alpha value is -2.16. The zero-order valence-corrected chi connectivity index (χ0v) is 19.0. The molecule has 33 heavy (non-hydrogen) atoms. The molecule has 0 saturated heterocycles. The van der Waals surface area contributed by atoms with E-state index in [1.807, 2.05) is 0 Å². The Morgan fingerprint density at radius 1 is 1.06 bits per heavy atom. The van der Waals surface area contributed by atoms with Crippen LogP contribution in [-0.4, -0.2) is 30.0 Å². The zero-order valence-electron chi connectivity index (χ0n) is 16.1. The Kier molecular flexibility index (Phi) is 8.21. The number of halogens is 8. The molecule has 0 unspecified atom stereocenters. The summed E-state index contributed by atoms with van der Waals surface area (Å²) in [6, 6.07) is 3.42. The quantitative estimate of drug-likeness (QED) is 0.177. The Labute approximate surface area is 198 Å². The van der Waals surface area contributed by atoms with Gasteiger partial charge in [-0.05, 0) is 50.6 Å². The highest BCUT2D eigenvalue weighted by molar-refractivity contribution is 14.2. The molecule has 2 rings (SSSR count). The number of rotatable bonds is 3. The topological polar surface area (TPSA) is 70.0 Å². The molecule has 0 aromatic heterocycles. The molecule has 0 aliphatic heterocycles. The lowest BCUT2D eigenvalue weighted by Crippen LogP contribution is -2.54. The number of amides is 1. The molecule has 176 valence electrons. The summed E-state index contributed by atoms with van der Waals surface area (Å²) >= 11 is 1.62. The summed E-state index contributed by atoms with van der Waals surface area (Å²) in [5.41, 5.74) is -4.98. The lowest BCUT2D eigenvalue weighted by atomic mass is 10.0.